The van der Waals surface area contributed by atoms with E-state index in [0.717, 1.165) is 36.7 Å². The molecule has 2 aliphatic rings. The third-order valence-electron chi connectivity index (χ3n) is 6.49. The number of hydrogen-bond acceptors (Lipinski definition) is 6. The minimum atomic E-state index is -4.45. The highest BCUT2D eigenvalue weighted by Crippen LogP contribution is 2.46. The van der Waals surface area contributed by atoms with E-state index in [1.807, 2.05) is 0 Å². The first kappa shape index (κ1) is 21.8. The Kier molecular flexibility index (Phi) is 5.13. The van der Waals surface area contributed by atoms with E-state index in [0.29, 0.717) is 34.5 Å². The Hall–Kier alpha value is -3.05. The maximum atomic E-state index is 12.8. The number of hydrogen-bond donors (Lipinski definition) is 1. The summed E-state index contributed by atoms with van der Waals surface area (Å²) in [5.74, 6) is 1.24. The molecule has 1 unspecified atom stereocenters. The first-order valence-electron chi connectivity index (χ1n) is 10.6. The molecule has 2 fully saturated rings. The van der Waals surface area contributed by atoms with Crippen molar-refractivity contribution < 1.29 is 22.0 Å². The van der Waals surface area contributed by atoms with Crippen LogP contribution in [0.2, 0.25) is 0 Å². The maximum absolute atomic E-state index is 12.8. The standard InChI is InChI=1S/C21H22F5N7/c1-20(31-18-8-27-15-7-29-33(11-17(22)23)19(15)30-18)4-12-9-32(10-13(12)5-20)14-2-3-16(28-6-14)21(24,25)26/h2-3,6-8,12-13,17H,4-5,9-11H2,1H3,(H,30,31)/t12-,13?,20-/m1/s1. The average molecular weight is 467 g/mol. The van der Waals surface area contributed by atoms with Crippen LogP contribution in [0.5, 0.6) is 0 Å². The number of rotatable bonds is 5. The number of halogens is 5. The zero-order valence-electron chi connectivity index (χ0n) is 17.7. The molecule has 3 aromatic heterocycles. The number of anilines is 2. The fourth-order valence-corrected chi connectivity index (χ4v) is 5.18. The van der Waals surface area contributed by atoms with Crippen LogP contribution >= 0.6 is 0 Å². The fourth-order valence-electron chi connectivity index (χ4n) is 5.18. The molecule has 1 saturated carbocycles. The van der Waals surface area contributed by atoms with Gasteiger partial charge in [-0.3, -0.25) is 0 Å². The summed E-state index contributed by atoms with van der Waals surface area (Å²) in [7, 11) is 0. The molecule has 1 N–H and O–H groups in total. The smallest absolute Gasteiger partial charge is 0.370 e. The van der Waals surface area contributed by atoms with Crippen LogP contribution in [0.15, 0.2) is 30.7 Å². The van der Waals surface area contributed by atoms with Gasteiger partial charge in [-0.15, -0.1) is 0 Å². The predicted octanol–water partition coefficient (Wildman–Crippen LogP) is 4.22. The Morgan fingerprint density at radius 2 is 1.82 bits per heavy atom. The molecular weight excluding hydrogens is 445 g/mol. The Morgan fingerprint density at radius 1 is 1.09 bits per heavy atom. The summed E-state index contributed by atoms with van der Waals surface area (Å²) < 4.78 is 65.0. The van der Waals surface area contributed by atoms with E-state index in [4.69, 9.17) is 0 Å². The van der Waals surface area contributed by atoms with Crippen molar-refractivity contribution in [1.29, 1.82) is 0 Å². The summed E-state index contributed by atoms with van der Waals surface area (Å²) in [4.78, 5) is 14.4. The molecular formula is C21H22F5N7. The van der Waals surface area contributed by atoms with Gasteiger partial charge in [0.05, 0.1) is 24.3 Å². The summed E-state index contributed by atoms with van der Waals surface area (Å²) in [6, 6.07) is 2.49. The van der Waals surface area contributed by atoms with Crippen LogP contribution in [0.1, 0.15) is 25.5 Å². The minimum Gasteiger partial charge on any atom is -0.370 e. The van der Waals surface area contributed by atoms with Crippen molar-refractivity contribution in [3.8, 4) is 0 Å². The highest BCUT2D eigenvalue weighted by Gasteiger charge is 2.47. The summed E-state index contributed by atoms with van der Waals surface area (Å²) >= 11 is 0. The van der Waals surface area contributed by atoms with E-state index in [2.05, 4.69) is 37.2 Å². The molecule has 0 radical (unpaired) electrons. The number of pyridine rings is 1. The lowest BCUT2D eigenvalue weighted by atomic mass is 9.98. The summed E-state index contributed by atoms with van der Waals surface area (Å²) in [6.07, 6.45) is -1.01. The molecule has 1 saturated heterocycles. The van der Waals surface area contributed by atoms with E-state index in [9.17, 15) is 22.0 Å². The van der Waals surface area contributed by atoms with Gasteiger partial charge in [0.2, 0.25) is 0 Å². The first-order chi connectivity index (χ1) is 15.6. The number of alkyl halides is 5. The van der Waals surface area contributed by atoms with E-state index >= 15 is 0 Å². The molecule has 0 amide bonds. The molecule has 176 valence electrons. The lowest BCUT2D eigenvalue weighted by Gasteiger charge is -2.29. The number of nitrogens with one attached hydrogen (secondary N) is 1. The predicted molar refractivity (Wildman–Crippen MR) is 111 cm³/mol. The molecule has 0 aromatic carbocycles. The third-order valence-corrected chi connectivity index (χ3v) is 6.49. The maximum Gasteiger partial charge on any atom is 0.433 e. The summed E-state index contributed by atoms with van der Waals surface area (Å²) in [5.41, 5.74) is 0.306. The van der Waals surface area contributed by atoms with Gasteiger partial charge in [-0.1, -0.05) is 0 Å². The van der Waals surface area contributed by atoms with Gasteiger partial charge in [0.25, 0.3) is 6.43 Å². The Balaban J connectivity index is 1.25. The monoisotopic (exact) mass is 467 g/mol. The normalized spacial score (nSPS) is 25.2. The molecule has 5 rings (SSSR count). The van der Waals surface area contributed by atoms with Crippen molar-refractivity contribution in [2.24, 2.45) is 11.8 Å². The van der Waals surface area contributed by atoms with E-state index in [1.54, 1.807) is 6.20 Å². The molecule has 3 atom stereocenters. The molecule has 1 aliphatic carbocycles. The molecule has 4 heterocycles. The van der Waals surface area contributed by atoms with Gasteiger partial charge in [-0.2, -0.15) is 18.3 Å². The van der Waals surface area contributed by atoms with Crippen LogP contribution in [0, 0.1) is 11.8 Å². The Labute approximate surface area is 186 Å². The van der Waals surface area contributed by atoms with Gasteiger partial charge in [0.1, 0.15) is 23.6 Å². The zero-order valence-corrected chi connectivity index (χ0v) is 17.7. The molecule has 0 bridgehead atoms. The number of nitrogens with zero attached hydrogens (tertiary/aromatic N) is 6. The molecule has 3 aromatic rings. The highest BCUT2D eigenvalue weighted by atomic mass is 19.4. The van der Waals surface area contributed by atoms with Crippen molar-refractivity contribution >= 4 is 22.7 Å². The van der Waals surface area contributed by atoms with Crippen molar-refractivity contribution in [3.63, 3.8) is 0 Å². The van der Waals surface area contributed by atoms with Crippen molar-refractivity contribution in [1.82, 2.24) is 24.7 Å². The molecule has 1 aliphatic heterocycles. The Morgan fingerprint density at radius 3 is 2.42 bits per heavy atom. The van der Waals surface area contributed by atoms with Crippen LogP contribution in [-0.2, 0) is 12.7 Å². The Bertz CT molecular complexity index is 1130. The number of aromatic nitrogens is 5. The van der Waals surface area contributed by atoms with Crippen molar-refractivity contribution in [2.45, 2.75) is 44.5 Å². The second kappa shape index (κ2) is 7.77. The number of fused-ring (bicyclic) bond motifs is 2. The van der Waals surface area contributed by atoms with Crippen molar-refractivity contribution in [3.05, 3.63) is 36.4 Å². The summed E-state index contributed by atoms with van der Waals surface area (Å²) in [5, 5.41) is 7.37. The van der Waals surface area contributed by atoms with Gasteiger partial charge in [0.15, 0.2) is 5.65 Å². The second-order valence-electron chi connectivity index (χ2n) is 9.10. The van der Waals surface area contributed by atoms with Crippen LogP contribution in [0.25, 0.3) is 11.2 Å². The second-order valence-corrected chi connectivity index (χ2v) is 9.10. The molecule has 12 heteroatoms. The van der Waals surface area contributed by atoms with E-state index in [1.165, 1.54) is 18.5 Å². The topological polar surface area (TPSA) is 71.8 Å². The quantitative estimate of drug-likeness (QED) is 0.567. The largest absolute Gasteiger partial charge is 0.433 e. The lowest BCUT2D eigenvalue weighted by molar-refractivity contribution is -0.141. The summed E-state index contributed by atoms with van der Waals surface area (Å²) in [6.45, 7) is 3.02. The fraction of sp³-hybridized carbons (Fsp3) is 0.524. The van der Waals surface area contributed by atoms with Gasteiger partial charge in [0, 0.05) is 18.6 Å². The first-order valence-corrected chi connectivity index (χ1v) is 10.6. The van der Waals surface area contributed by atoms with Crippen LogP contribution in [0.4, 0.5) is 33.5 Å². The van der Waals surface area contributed by atoms with Gasteiger partial charge < -0.3 is 10.2 Å². The van der Waals surface area contributed by atoms with Crippen LogP contribution in [-0.4, -0.2) is 49.8 Å². The van der Waals surface area contributed by atoms with Crippen LogP contribution < -0.4 is 10.2 Å². The zero-order chi connectivity index (χ0) is 23.4. The molecule has 7 nitrogen and oxygen atoms in total. The molecule has 0 spiro atoms. The lowest BCUT2D eigenvalue weighted by Crippen LogP contribution is -2.35. The highest BCUT2D eigenvalue weighted by molar-refractivity contribution is 5.71. The van der Waals surface area contributed by atoms with Gasteiger partial charge in [-0.25, -0.2) is 28.4 Å². The van der Waals surface area contributed by atoms with E-state index in [-0.39, 0.29) is 5.54 Å². The van der Waals surface area contributed by atoms with Gasteiger partial charge >= 0.3 is 6.18 Å². The van der Waals surface area contributed by atoms with Crippen molar-refractivity contribution in [2.75, 3.05) is 23.3 Å². The SMILES string of the molecule is C[C@]1(Nc2cnc3cnn(CC(F)F)c3n2)CC2CN(c3ccc(C(F)(F)F)nc3)C[C@H]2C1. The minimum absolute atomic E-state index is 0.254. The van der Waals surface area contributed by atoms with Gasteiger partial charge in [-0.05, 0) is 43.7 Å². The third kappa shape index (κ3) is 4.30. The van der Waals surface area contributed by atoms with Crippen LogP contribution in [0.3, 0.4) is 0 Å². The average Bonchev–Trinajstić information content (AvgIpc) is 3.39. The van der Waals surface area contributed by atoms with E-state index < -0.39 is 24.8 Å². The molecule has 33 heavy (non-hydrogen) atoms.